The highest BCUT2D eigenvalue weighted by Crippen LogP contribution is 2.37. The van der Waals surface area contributed by atoms with E-state index in [1.165, 1.54) is 27.6 Å². The summed E-state index contributed by atoms with van der Waals surface area (Å²) in [6, 6.07) is 24.1. The Balaban J connectivity index is 0.00000225. The van der Waals surface area contributed by atoms with Gasteiger partial charge in [0.15, 0.2) is 0 Å². The summed E-state index contributed by atoms with van der Waals surface area (Å²) < 4.78 is 0. The molecule has 0 unspecified atom stereocenters. The molecule has 0 aromatic heterocycles. The van der Waals surface area contributed by atoms with Crippen LogP contribution in [-0.2, 0) is 5.41 Å². The zero-order chi connectivity index (χ0) is 18.9. The van der Waals surface area contributed by atoms with Crippen molar-refractivity contribution in [2.45, 2.75) is 39.0 Å². The van der Waals surface area contributed by atoms with E-state index in [1.54, 1.807) is 0 Å². The summed E-state index contributed by atoms with van der Waals surface area (Å²) in [5, 5.41) is 2.60. The molecule has 3 nitrogen and oxygen atoms in total. The van der Waals surface area contributed by atoms with Gasteiger partial charge in [-0.2, -0.15) is 0 Å². The monoisotopic (exact) mass is 373 g/mol. The van der Waals surface area contributed by atoms with Gasteiger partial charge in [0.05, 0.1) is 6.54 Å². The quantitative estimate of drug-likeness (QED) is 0.567. The van der Waals surface area contributed by atoms with Gasteiger partial charge in [-0.05, 0) is 58.9 Å². The molecule has 0 fully saturated rings. The number of hydrogen-bond acceptors (Lipinski definition) is 3. The van der Waals surface area contributed by atoms with Gasteiger partial charge in [0.2, 0.25) is 0 Å². The van der Waals surface area contributed by atoms with Gasteiger partial charge >= 0.3 is 0 Å². The van der Waals surface area contributed by atoms with Crippen LogP contribution < -0.4 is 11.1 Å². The Morgan fingerprint density at radius 2 is 1.50 bits per heavy atom. The van der Waals surface area contributed by atoms with E-state index in [1.807, 2.05) is 0 Å². The van der Waals surface area contributed by atoms with Crippen LogP contribution in [0.3, 0.4) is 0 Å². The largest absolute Gasteiger partial charge is 0.344 e. The number of nitrogens with zero attached hydrogens (tertiary/aromatic N) is 2. The van der Waals surface area contributed by atoms with E-state index in [9.17, 15) is 0 Å². The Kier molecular flexibility index (Phi) is 5.85. The average molecular weight is 374 g/mol. The zero-order valence-electron chi connectivity index (χ0n) is 17.3. The third kappa shape index (κ3) is 3.43. The molecule has 0 saturated heterocycles. The SMILES string of the molecule is CCC(C)(CC)c1cc2ccccc2cc1C1=NCCN1c1ccccc1.N. The van der Waals surface area contributed by atoms with Crippen molar-refractivity contribution in [2.75, 3.05) is 18.0 Å². The summed E-state index contributed by atoms with van der Waals surface area (Å²) in [7, 11) is 0. The number of rotatable bonds is 5. The van der Waals surface area contributed by atoms with Gasteiger partial charge in [-0.1, -0.05) is 63.2 Å². The summed E-state index contributed by atoms with van der Waals surface area (Å²) in [6.45, 7) is 8.79. The van der Waals surface area contributed by atoms with Crippen molar-refractivity contribution < 1.29 is 0 Å². The summed E-state index contributed by atoms with van der Waals surface area (Å²) in [5.74, 6) is 1.12. The predicted octanol–water partition coefficient (Wildman–Crippen LogP) is 6.35. The van der Waals surface area contributed by atoms with E-state index in [2.05, 4.69) is 92.4 Å². The Morgan fingerprint density at radius 3 is 2.14 bits per heavy atom. The highest BCUT2D eigenvalue weighted by Gasteiger charge is 2.30. The van der Waals surface area contributed by atoms with Crippen LogP contribution in [0.5, 0.6) is 0 Å². The summed E-state index contributed by atoms with van der Waals surface area (Å²) >= 11 is 0. The van der Waals surface area contributed by atoms with Crippen LogP contribution in [0, 0.1) is 0 Å². The van der Waals surface area contributed by atoms with Crippen molar-refractivity contribution in [3.63, 3.8) is 0 Å². The Hall–Kier alpha value is -2.65. The first-order valence-electron chi connectivity index (χ1n) is 10.1. The molecule has 1 aliphatic heterocycles. The highest BCUT2D eigenvalue weighted by molar-refractivity contribution is 6.13. The fourth-order valence-electron chi connectivity index (χ4n) is 4.09. The van der Waals surface area contributed by atoms with Crippen molar-refractivity contribution in [3.8, 4) is 0 Å². The number of hydrogen-bond donors (Lipinski definition) is 1. The Bertz CT molecular complexity index is 972. The standard InChI is InChI=1S/C25H28N2.H3N/c1-4-25(3,5-2)23-18-20-12-10-9-11-19(20)17-22(23)24-26-15-16-27(24)21-13-7-6-8-14-21;/h6-14,17-18H,4-5,15-16H2,1-3H3;1H3. The molecule has 0 bridgehead atoms. The molecule has 1 heterocycles. The normalized spacial score (nSPS) is 14.1. The second-order valence-electron chi connectivity index (χ2n) is 7.71. The van der Waals surface area contributed by atoms with E-state index in [0.29, 0.717) is 0 Å². The number of anilines is 1. The third-order valence-electron chi connectivity index (χ3n) is 6.25. The molecule has 3 aromatic carbocycles. The van der Waals surface area contributed by atoms with Gasteiger partial charge in [-0.3, -0.25) is 4.99 Å². The van der Waals surface area contributed by atoms with Gasteiger partial charge in [-0.15, -0.1) is 0 Å². The van der Waals surface area contributed by atoms with Crippen LogP contribution in [-0.4, -0.2) is 18.9 Å². The Morgan fingerprint density at radius 1 is 0.893 bits per heavy atom. The summed E-state index contributed by atoms with van der Waals surface area (Å²) in [4.78, 5) is 7.33. The first-order valence-corrected chi connectivity index (χ1v) is 10.1. The molecule has 3 N–H and O–H groups in total. The van der Waals surface area contributed by atoms with E-state index < -0.39 is 0 Å². The smallest absolute Gasteiger partial charge is 0.135 e. The lowest BCUT2D eigenvalue weighted by atomic mass is 9.74. The molecular formula is C25H31N3. The number of amidine groups is 1. The van der Waals surface area contributed by atoms with E-state index >= 15 is 0 Å². The van der Waals surface area contributed by atoms with E-state index in [-0.39, 0.29) is 11.6 Å². The average Bonchev–Trinajstić information content (AvgIpc) is 3.22. The first kappa shape index (κ1) is 20.1. The molecule has 146 valence electrons. The zero-order valence-corrected chi connectivity index (χ0v) is 17.3. The molecule has 0 amide bonds. The van der Waals surface area contributed by atoms with Crippen molar-refractivity contribution in [3.05, 3.63) is 77.9 Å². The number of benzene rings is 3. The van der Waals surface area contributed by atoms with Crippen molar-refractivity contribution >= 4 is 22.3 Å². The molecule has 0 saturated carbocycles. The van der Waals surface area contributed by atoms with Gasteiger partial charge in [0.1, 0.15) is 5.84 Å². The molecule has 28 heavy (non-hydrogen) atoms. The molecule has 4 rings (SSSR count). The van der Waals surface area contributed by atoms with Crippen LogP contribution >= 0.6 is 0 Å². The van der Waals surface area contributed by atoms with Crippen LogP contribution in [0.4, 0.5) is 5.69 Å². The van der Waals surface area contributed by atoms with E-state index in [0.717, 1.165) is 31.8 Å². The number of fused-ring (bicyclic) bond motifs is 1. The van der Waals surface area contributed by atoms with Crippen molar-refractivity contribution in [2.24, 2.45) is 4.99 Å². The molecular weight excluding hydrogens is 342 g/mol. The van der Waals surface area contributed by atoms with Crippen molar-refractivity contribution in [1.82, 2.24) is 6.15 Å². The van der Waals surface area contributed by atoms with Gasteiger partial charge in [0.25, 0.3) is 0 Å². The molecule has 1 aliphatic rings. The van der Waals surface area contributed by atoms with Gasteiger partial charge in [-0.25, -0.2) is 0 Å². The van der Waals surface area contributed by atoms with Gasteiger partial charge < -0.3 is 11.1 Å². The fourth-order valence-corrected chi connectivity index (χ4v) is 4.09. The van der Waals surface area contributed by atoms with Crippen LogP contribution in [0.25, 0.3) is 10.8 Å². The minimum absolute atomic E-state index is 0. The summed E-state index contributed by atoms with van der Waals surface area (Å²) in [5.41, 5.74) is 4.09. The van der Waals surface area contributed by atoms with E-state index in [4.69, 9.17) is 4.99 Å². The van der Waals surface area contributed by atoms with Crippen LogP contribution in [0.15, 0.2) is 71.7 Å². The van der Waals surface area contributed by atoms with Gasteiger partial charge in [0, 0.05) is 17.8 Å². The fraction of sp³-hybridized carbons (Fsp3) is 0.320. The molecule has 0 radical (unpaired) electrons. The Labute approximate surface area is 168 Å². The maximum absolute atomic E-state index is 4.96. The minimum Gasteiger partial charge on any atom is -0.344 e. The molecule has 0 aliphatic carbocycles. The maximum atomic E-state index is 4.96. The van der Waals surface area contributed by atoms with Crippen LogP contribution in [0.2, 0.25) is 0 Å². The summed E-state index contributed by atoms with van der Waals surface area (Å²) in [6.07, 6.45) is 2.24. The minimum atomic E-state index is 0. The lowest BCUT2D eigenvalue weighted by Gasteiger charge is -2.32. The number of aliphatic imine (C=N–C) groups is 1. The lowest BCUT2D eigenvalue weighted by molar-refractivity contribution is 0.439. The third-order valence-corrected chi connectivity index (χ3v) is 6.25. The molecule has 3 heteroatoms. The molecule has 0 spiro atoms. The van der Waals surface area contributed by atoms with Crippen LogP contribution in [0.1, 0.15) is 44.7 Å². The molecule has 0 atom stereocenters. The topological polar surface area (TPSA) is 50.6 Å². The highest BCUT2D eigenvalue weighted by atomic mass is 15.2. The van der Waals surface area contributed by atoms with Crippen molar-refractivity contribution in [1.29, 1.82) is 0 Å². The lowest BCUT2D eigenvalue weighted by Crippen LogP contribution is -2.31. The predicted molar refractivity (Wildman–Crippen MR) is 122 cm³/mol. The first-order chi connectivity index (χ1) is 13.2. The second-order valence-corrected chi connectivity index (χ2v) is 7.71. The second kappa shape index (κ2) is 8.15. The molecule has 3 aromatic rings. The number of para-hydroxylation sites is 1. The maximum Gasteiger partial charge on any atom is 0.135 e.